The minimum atomic E-state index is -0.142. The van der Waals surface area contributed by atoms with Gasteiger partial charge in [-0.1, -0.05) is 30.3 Å². The number of pyridine rings is 1. The topological polar surface area (TPSA) is 63.8 Å². The monoisotopic (exact) mass is 239 g/mol. The highest BCUT2D eigenvalue weighted by molar-refractivity contribution is 5.81. The van der Waals surface area contributed by atoms with Crippen LogP contribution < -0.4 is 11.3 Å². The second kappa shape index (κ2) is 4.07. The molecule has 3 N–H and O–H groups in total. The van der Waals surface area contributed by atoms with Gasteiger partial charge in [0.05, 0.1) is 10.9 Å². The molecule has 0 fully saturated rings. The lowest BCUT2D eigenvalue weighted by molar-refractivity contribution is 0.836. The number of nitrogens with two attached hydrogens (primary N) is 1. The Morgan fingerprint density at radius 2 is 1.94 bits per heavy atom. The van der Waals surface area contributed by atoms with Crippen molar-refractivity contribution in [2.24, 2.45) is 0 Å². The fourth-order valence-electron chi connectivity index (χ4n) is 2.14. The Kier molecular flexibility index (Phi) is 2.41. The first kappa shape index (κ1) is 10.7. The Bertz CT molecular complexity index is 741. The van der Waals surface area contributed by atoms with E-state index in [1.54, 1.807) is 6.07 Å². The highest BCUT2D eigenvalue weighted by Crippen LogP contribution is 2.15. The van der Waals surface area contributed by atoms with E-state index in [1.165, 1.54) is 5.56 Å². The molecule has 0 aliphatic rings. The average Bonchev–Trinajstić information content (AvgIpc) is 2.74. The van der Waals surface area contributed by atoms with E-state index in [9.17, 15) is 4.79 Å². The van der Waals surface area contributed by atoms with Crippen molar-refractivity contribution in [2.45, 2.75) is 6.54 Å². The third-order valence-electron chi connectivity index (χ3n) is 3.00. The third kappa shape index (κ3) is 1.78. The smallest absolute Gasteiger partial charge is 0.258 e. The van der Waals surface area contributed by atoms with Crippen LogP contribution in [0.2, 0.25) is 0 Å². The minimum absolute atomic E-state index is 0.142. The van der Waals surface area contributed by atoms with Gasteiger partial charge in [-0.05, 0) is 11.6 Å². The van der Waals surface area contributed by atoms with Gasteiger partial charge in [-0.2, -0.15) is 0 Å². The summed E-state index contributed by atoms with van der Waals surface area (Å²) in [7, 11) is 0. The Balaban J connectivity index is 2.11. The molecule has 90 valence electrons. The van der Waals surface area contributed by atoms with E-state index >= 15 is 0 Å². The van der Waals surface area contributed by atoms with E-state index < -0.39 is 0 Å². The summed E-state index contributed by atoms with van der Waals surface area (Å²) in [5.74, 6) is 0.389. The number of nitrogens with zero attached hydrogens (tertiary/aromatic N) is 1. The lowest BCUT2D eigenvalue weighted by Crippen LogP contribution is -2.09. The molecule has 3 rings (SSSR count). The molecule has 4 nitrogen and oxygen atoms in total. The maximum Gasteiger partial charge on any atom is 0.258 e. The Labute approximate surface area is 104 Å². The molecular weight excluding hydrogens is 226 g/mol. The van der Waals surface area contributed by atoms with Gasteiger partial charge in [-0.25, -0.2) is 0 Å². The molecule has 0 amide bonds. The predicted octanol–water partition coefficient (Wildman–Crippen LogP) is 1.96. The van der Waals surface area contributed by atoms with Crippen LogP contribution in [0, 0.1) is 0 Å². The number of H-pyrrole nitrogens is 1. The second-order valence-corrected chi connectivity index (χ2v) is 4.28. The van der Waals surface area contributed by atoms with Crippen molar-refractivity contribution in [3.63, 3.8) is 0 Å². The number of aromatic amines is 1. The van der Waals surface area contributed by atoms with Crippen molar-refractivity contribution in [3.8, 4) is 0 Å². The van der Waals surface area contributed by atoms with Crippen molar-refractivity contribution >= 4 is 16.7 Å². The van der Waals surface area contributed by atoms with Crippen molar-refractivity contribution in [2.75, 3.05) is 5.73 Å². The third-order valence-corrected chi connectivity index (χ3v) is 3.00. The number of nitrogen functional groups attached to an aromatic ring is 1. The van der Waals surface area contributed by atoms with Crippen LogP contribution in [0.5, 0.6) is 0 Å². The summed E-state index contributed by atoms with van der Waals surface area (Å²) < 4.78 is 2.02. The van der Waals surface area contributed by atoms with Gasteiger partial charge in [0.2, 0.25) is 0 Å². The maximum absolute atomic E-state index is 11.7. The second-order valence-electron chi connectivity index (χ2n) is 4.28. The summed E-state index contributed by atoms with van der Waals surface area (Å²) in [5, 5.41) is 0.667. The van der Waals surface area contributed by atoms with Crippen molar-refractivity contribution in [1.29, 1.82) is 0 Å². The van der Waals surface area contributed by atoms with Crippen LogP contribution in [-0.2, 0) is 6.54 Å². The number of hydrogen-bond acceptors (Lipinski definition) is 2. The predicted molar refractivity (Wildman–Crippen MR) is 72.5 cm³/mol. The maximum atomic E-state index is 11.7. The average molecular weight is 239 g/mol. The minimum Gasteiger partial charge on any atom is -0.385 e. The first-order valence-corrected chi connectivity index (χ1v) is 5.75. The lowest BCUT2D eigenvalue weighted by Gasteiger charge is -2.05. The van der Waals surface area contributed by atoms with Crippen LogP contribution >= 0.6 is 0 Å². The molecule has 0 saturated carbocycles. The number of hydrogen-bond donors (Lipinski definition) is 2. The van der Waals surface area contributed by atoms with E-state index in [2.05, 4.69) is 17.1 Å². The van der Waals surface area contributed by atoms with Crippen LogP contribution in [-0.4, -0.2) is 9.55 Å². The van der Waals surface area contributed by atoms with Gasteiger partial charge in [0.25, 0.3) is 5.56 Å². The van der Waals surface area contributed by atoms with Gasteiger partial charge in [-0.15, -0.1) is 0 Å². The quantitative estimate of drug-likeness (QED) is 0.718. The molecule has 1 aromatic carbocycles. The van der Waals surface area contributed by atoms with E-state index in [-0.39, 0.29) is 5.56 Å². The largest absolute Gasteiger partial charge is 0.385 e. The summed E-state index contributed by atoms with van der Waals surface area (Å²) in [6.07, 6.45) is 1.91. The molecule has 0 aliphatic carbocycles. The highest BCUT2D eigenvalue weighted by Gasteiger charge is 2.05. The van der Waals surface area contributed by atoms with Gasteiger partial charge in [-0.3, -0.25) is 4.79 Å². The number of anilines is 1. The molecule has 0 bridgehead atoms. The summed E-state index contributed by atoms with van der Waals surface area (Å²) in [4.78, 5) is 14.3. The molecule has 3 aromatic rings. The van der Waals surface area contributed by atoms with Crippen LogP contribution in [0.4, 0.5) is 5.82 Å². The van der Waals surface area contributed by atoms with E-state index in [4.69, 9.17) is 5.73 Å². The van der Waals surface area contributed by atoms with Crippen LogP contribution in [0.15, 0.2) is 53.5 Å². The molecule has 0 saturated heterocycles. The molecule has 0 spiro atoms. The van der Waals surface area contributed by atoms with E-state index in [0.29, 0.717) is 11.2 Å². The molecule has 0 unspecified atom stereocenters. The van der Waals surface area contributed by atoms with Crippen molar-refractivity contribution in [3.05, 3.63) is 64.6 Å². The summed E-state index contributed by atoms with van der Waals surface area (Å²) in [6, 6.07) is 13.7. The SMILES string of the molecule is Nc1cc2c(ccn2Cc2ccccc2)c(=O)[nH]1. The molecule has 2 aromatic heterocycles. The molecule has 2 heterocycles. The molecule has 0 radical (unpaired) electrons. The molecule has 0 aliphatic heterocycles. The van der Waals surface area contributed by atoms with Crippen LogP contribution in [0.1, 0.15) is 5.56 Å². The highest BCUT2D eigenvalue weighted by atomic mass is 16.1. The summed E-state index contributed by atoms with van der Waals surface area (Å²) in [6.45, 7) is 0.729. The standard InChI is InChI=1S/C14H13N3O/c15-13-8-12-11(14(18)16-13)6-7-17(12)9-10-4-2-1-3-5-10/h1-8H,9H2,(H3,15,16,18). The summed E-state index contributed by atoms with van der Waals surface area (Å²) >= 11 is 0. The van der Waals surface area contributed by atoms with E-state index in [0.717, 1.165) is 12.1 Å². The lowest BCUT2D eigenvalue weighted by atomic mass is 10.2. The molecule has 18 heavy (non-hydrogen) atoms. The van der Waals surface area contributed by atoms with Gasteiger partial charge in [0.1, 0.15) is 5.82 Å². The number of rotatable bonds is 2. The van der Waals surface area contributed by atoms with Gasteiger partial charge in [0, 0.05) is 18.8 Å². The normalized spacial score (nSPS) is 10.9. The number of nitrogens with one attached hydrogen (secondary N) is 1. The van der Waals surface area contributed by atoms with E-state index in [1.807, 2.05) is 35.0 Å². The van der Waals surface area contributed by atoms with Crippen LogP contribution in [0.25, 0.3) is 10.9 Å². The first-order valence-electron chi connectivity index (χ1n) is 5.75. The van der Waals surface area contributed by atoms with Crippen molar-refractivity contribution in [1.82, 2.24) is 9.55 Å². The molecule has 4 heteroatoms. The summed E-state index contributed by atoms with van der Waals surface area (Å²) in [5.41, 5.74) is 7.59. The van der Waals surface area contributed by atoms with Gasteiger partial charge >= 0.3 is 0 Å². The van der Waals surface area contributed by atoms with Crippen LogP contribution in [0.3, 0.4) is 0 Å². The number of benzene rings is 1. The van der Waals surface area contributed by atoms with Crippen molar-refractivity contribution < 1.29 is 0 Å². The molecule has 0 atom stereocenters. The Morgan fingerprint density at radius 1 is 1.17 bits per heavy atom. The Morgan fingerprint density at radius 3 is 2.72 bits per heavy atom. The molecular formula is C14H13N3O. The Hall–Kier alpha value is -2.49. The fourth-order valence-corrected chi connectivity index (χ4v) is 2.14. The van der Waals surface area contributed by atoms with Gasteiger partial charge < -0.3 is 15.3 Å². The zero-order valence-corrected chi connectivity index (χ0v) is 9.76. The number of aromatic nitrogens is 2. The van der Waals surface area contributed by atoms with Gasteiger partial charge in [0.15, 0.2) is 0 Å². The number of fused-ring (bicyclic) bond motifs is 1. The zero-order valence-electron chi connectivity index (χ0n) is 9.76. The zero-order chi connectivity index (χ0) is 12.5. The first-order chi connectivity index (χ1) is 8.74. The fraction of sp³-hybridized carbons (Fsp3) is 0.0714.